The largest absolute Gasteiger partial charge is 0.375 e. The standard InChI is InChI=1S/C18H28FN5O/c1-4-20-18(22-10-9-21-17(25)14-6-7-14)23-12-13-5-8-16(24(2)3)15(19)11-13/h5,8,11,14H,4,6-7,9-10,12H2,1-3H3,(H,21,25)(H2,20,22,23). The number of hydrogen-bond donors (Lipinski definition) is 3. The van der Waals surface area contributed by atoms with E-state index >= 15 is 0 Å². The first-order valence-corrected chi connectivity index (χ1v) is 8.77. The predicted octanol–water partition coefficient (Wildman–Crippen LogP) is 1.47. The lowest BCUT2D eigenvalue weighted by Crippen LogP contribution is -2.41. The molecule has 2 rings (SSSR count). The average Bonchev–Trinajstić information content (AvgIpc) is 3.41. The molecule has 1 aromatic carbocycles. The number of halogens is 1. The predicted molar refractivity (Wildman–Crippen MR) is 99.3 cm³/mol. The highest BCUT2D eigenvalue weighted by Gasteiger charge is 2.28. The fourth-order valence-corrected chi connectivity index (χ4v) is 2.38. The Bertz CT molecular complexity index is 613. The van der Waals surface area contributed by atoms with Gasteiger partial charge in [0.25, 0.3) is 0 Å². The van der Waals surface area contributed by atoms with Crippen LogP contribution in [-0.4, -0.2) is 45.6 Å². The smallest absolute Gasteiger partial charge is 0.223 e. The molecule has 7 heteroatoms. The van der Waals surface area contributed by atoms with E-state index in [9.17, 15) is 9.18 Å². The molecule has 1 aliphatic rings. The summed E-state index contributed by atoms with van der Waals surface area (Å²) in [5.41, 5.74) is 1.37. The molecule has 1 fully saturated rings. The number of rotatable bonds is 8. The van der Waals surface area contributed by atoms with Gasteiger partial charge in [0.2, 0.25) is 5.91 Å². The molecule has 0 bridgehead atoms. The van der Waals surface area contributed by atoms with Crippen LogP contribution < -0.4 is 20.9 Å². The van der Waals surface area contributed by atoms with E-state index in [4.69, 9.17) is 0 Å². The van der Waals surface area contributed by atoms with Crippen LogP contribution in [0, 0.1) is 11.7 Å². The zero-order valence-corrected chi connectivity index (χ0v) is 15.2. The molecule has 6 nitrogen and oxygen atoms in total. The Hall–Kier alpha value is -2.31. The summed E-state index contributed by atoms with van der Waals surface area (Å²) in [6.07, 6.45) is 2.01. The van der Waals surface area contributed by atoms with E-state index in [1.807, 2.05) is 27.1 Å². The highest BCUT2D eigenvalue weighted by molar-refractivity contribution is 5.81. The summed E-state index contributed by atoms with van der Waals surface area (Å²) in [4.78, 5) is 17.8. The second kappa shape index (κ2) is 9.25. The quantitative estimate of drug-likeness (QED) is 0.378. The Kier molecular flexibility index (Phi) is 7.03. The lowest BCUT2D eigenvalue weighted by Gasteiger charge is -2.14. The molecule has 0 heterocycles. The van der Waals surface area contributed by atoms with Crippen molar-refractivity contribution in [2.75, 3.05) is 38.6 Å². The Labute approximate surface area is 148 Å². The van der Waals surface area contributed by atoms with Crippen molar-refractivity contribution in [3.8, 4) is 0 Å². The van der Waals surface area contributed by atoms with Gasteiger partial charge in [0.15, 0.2) is 5.96 Å². The summed E-state index contributed by atoms with van der Waals surface area (Å²) >= 11 is 0. The van der Waals surface area contributed by atoms with Crippen molar-refractivity contribution < 1.29 is 9.18 Å². The summed E-state index contributed by atoms with van der Waals surface area (Å²) in [6.45, 7) is 4.25. The molecule has 3 N–H and O–H groups in total. The molecule has 0 atom stereocenters. The number of amides is 1. The zero-order chi connectivity index (χ0) is 18.2. The van der Waals surface area contributed by atoms with Crippen LogP contribution in [0.4, 0.5) is 10.1 Å². The third kappa shape index (κ3) is 6.25. The van der Waals surface area contributed by atoms with Gasteiger partial charge < -0.3 is 20.9 Å². The molecule has 138 valence electrons. The summed E-state index contributed by atoms with van der Waals surface area (Å²) in [5, 5.41) is 9.22. The highest BCUT2D eigenvalue weighted by Crippen LogP contribution is 2.28. The molecular formula is C18H28FN5O. The molecule has 1 aliphatic carbocycles. The van der Waals surface area contributed by atoms with E-state index in [0.717, 1.165) is 24.9 Å². The van der Waals surface area contributed by atoms with E-state index < -0.39 is 0 Å². The van der Waals surface area contributed by atoms with Gasteiger partial charge in [0.1, 0.15) is 5.82 Å². The number of aliphatic imine (C=N–C) groups is 1. The lowest BCUT2D eigenvalue weighted by atomic mass is 10.2. The van der Waals surface area contributed by atoms with E-state index in [1.54, 1.807) is 11.0 Å². The third-order valence-electron chi connectivity index (χ3n) is 3.92. The number of carbonyl (C=O) groups is 1. The van der Waals surface area contributed by atoms with Crippen LogP contribution in [0.3, 0.4) is 0 Å². The third-order valence-corrected chi connectivity index (χ3v) is 3.92. The molecule has 1 saturated carbocycles. The van der Waals surface area contributed by atoms with Gasteiger partial charge in [-0.15, -0.1) is 0 Å². The van der Waals surface area contributed by atoms with Gasteiger partial charge in [-0.1, -0.05) is 6.07 Å². The van der Waals surface area contributed by atoms with E-state index in [-0.39, 0.29) is 17.6 Å². The fraction of sp³-hybridized carbons (Fsp3) is 0.556. The Morgan fingerprint density at radius 3 is 2.56 bits per heavy atom. The molecule has 1 aromatic rings. The second-order valence-corrected chi connectivity index (χ2v) is 6.37. The number of guanidine groups is 1. The number of hydrogen-bond acceptors (Lipinski definition) is 3. The Morgan fingerprint density at radius 2 is 1.96 bits per heavy atom. The van der Waals surface area contributed by atoms with Crippen LogP contribution in [0.5, 0.6) is 0 Å². The number of anilines is 1. The van der Waals surface area contributed by atoms with Gasteiger partial charge in [-0.3, -0.25) is 4.79 Å². The molecule has 0 spiro atoms. The summed E-state index contributed by atoms with van der Waals surface area (Å²) in [6, 6.07) is 5.15. The molecule has 0 aliphatic heterocycles. The van der Waals surface area contributed by atoms with Crippen molar-refractivity contribution in [1.29, 1.82) is 0 Å². The Balaban J connectivity index is 1.83. The summed E-state index contributed by atoms with van der Waals surface area (Å²) in [7, 11) is 3.62. The maximum Gasteiger partial charge on any atom is 0.223 e. The van der Waals surface area contributed by atoms with Crippen LogP contribution in [0.1, 0.15) is 25.3 Å². The van der Waals surface area contributed by atoms with Crippen LogP contribution in [0.2, 0.25) is 0 Å². The molecular weight excluding hydrogens is 321 g/mol. The summed E-state index contributed by atoms with van der Waals surface area (Å²) < 4.78 is 14.0. The molecule has 0 radical (unpaired) electrons. The van der Waals surface area contributed by atoms with Crippen molar-refractivity contribution in [2.45, 2.75) is 26.3 Å². The first-order chi connectivity index (χ1) is 12.0. The molecule has 0 aromatic heterocycles. The van der Waals surface area contributed by atoms with Gasteiger partial charge >= 0.3 is 0 Å². The van der Waals surface area contributed by atoms with Crippen molar-refractivity contribution >= 4 is 17.6 Å². The minimum absolute atomic E-state index is 0.139. The normalized spacial score (nSPS) is 14.2. The number of carbonyl (C=O) groups excluding carboxylic acids is 1. The zero-order valence-electron chi connectivity index (χ0n) is 15.2. The Morgan fingerprint density at radius 1 is 1.24 bits per heavy atom. The topological polar surface area (TPSA) is 68.8 Å². The first-order valence-electron chi connectivity index (χ1n) is 8.77. The molecule has 25 heavy (non-hydrogen) atoms. The number of nitrogens with one attached hydrogen (secondary N) is 3. The van der Waals surface area contributed by atoms with Gasteiger partial charge in [-0.2, -0.15) is 0 Å². The maximum absolute atomic E-state index is 14.0. The lowest BCUT2D eigenvalue weighted by molar-refractivity contribution is -0.122. The average molecular weight is 349 g/mol. The van der Waals surface area contributed by atoms with Crippen molar-refractivity contribution in [1.82, 2.24) is 16.0 Å². The first kappa shape index (κ1) is 19.0. The van der Waals surface area contributed by atoms with Crippen LogP contribution in [0.15, 0.2) is 23.2 Å². The van der Waals surface area contributed by atoms with E-state index in [0.29, 0.717) is 31.3 Å². The number of nitrogens with zero attached hydrogens (tertiary/aromatic N) is 2. The molecule has 1 amide bonds. The van der Waals surface area contributed by atoms with Gasteiger partial charge in [0.05, 0.1) is 12.2 Å². The number of benzene rings is 1. The van der Waals surface area contributed by atoms with Crippen molar-refractivity contribution in [3.05, 3.63) is 29.6 Å². The minimum atomic E-state index is -0.251. The maximum atomic E-state index is 14.0. The van der Waals surface area contributed by atoms with Crippen LogP contribution >= 0.6 is 0 Å². The molecule has 0 saturated heterocycles. The minimum Gasteiger partial charge on any atom is -0.375 e. The fourth-order valence-electron chi connectivity index (χ4n) is 2.38. The van der Waals surface area contributed by atoms with Gasteiger partial charge in [-0.05, 0) is 37.5 Å². The SMILES string of the molecule is CCNC(=NCc1ccc(N(C)C)c(F)c1)NCCNC(=O)C1CC1. The van der Waals surface area contributed by atoms with Crippen molar-refractivity contribution in [3.63, 3.8) is 0 Å². The monoisotopic (exact) mass is 349 g/mol. The van der Waals surface area contributed by atoms with E-state index in [1.165, 1.54) is 6.07 Å². The van der Waals surface area contributed by atoms with Crippen molar-refractivity contribution in [2.24, 2.45) is 10.9 Å². The van der Waals surface area contributed by atoms with Gasteiger partial charge in [0, 0.05) is 39.6 Å². The molecule has 0 unspecified atom stereocenters. The summed E-state index contributed by atoms with van der Waals surface area (Å²) in [5.74, 6) is 0.765. The van der Waals surface area contributed by atoms with Crippen LogP contribution in [-0.2, 0) is 11.3 Å². The van der Waals surface area contributed by atoms with E-state index in [2.05, 4.69) is 20.9 Å². The van der Waals surface area contributed by atoms with Gasteiger partial charge in [-0.25, -0.2) is 9.38 Å². The highest BCUT2D eigenvalue weighted by atomic mass is 19.1. The van der Waals surface area contributed by atoms with Crippen LogP contribution in [0.25, 0.3) is 0 Å². The second-order valence-electron chi connectivity index (χ2n) is 6.37.